The molecule has 2 rings (SSSR count). The summed E-state index contributed by atoms with van der Waals surface area (Å²) in [6, 6.07) is 8.22. The summed E-state index contributed by atoms with van der Waals surface area (Å²) in [5, 5.41) is 15.3. The number of phenols is 1. The second kappa shape index (κ2) is 6.41. The van der Waals surface area contributed by atoms with E-state index in [-0.39, 0.29) is 5.75 Å². The first-order valence-corrected chi connectivity index (χ1v) is 7.61. The molecule has 2 N–H and O–H groups in total. The summed E-state index contributed by atoms with van der Waals surface area (Å²) in [7, 11) is 1.55. The van der Waals surface area contributed by atoms with Gasteiger partial charge in [-0.2, -0.15) is 0 Å². The fourth-order valence-corrected chi connectivity index (χ4v) is 3.04. The largest absolute Gasteiger partial charge is 0.503 e. The molecule has 0 aliphatic carbocycles. The molecule has 0 radical (unpaired) electrons. The Morgan fingerprint density at radius 1 is 1.47 bits per heavy atom. The molecular formula is C14H16BrNO2S. The third-order valence-corrected chi connectivity index (χ3v) is 4.55. The fraction of sp³-hybridized carbons (Fsp3) is 0.286. The summed E-state index contributed by atoms with van der Waals surface area (Å²) in [5.41, 5.74) is 1.06. The van der Waals surface area contributed by atoms with Crippen LogP contribution in [0.4, 0.5) is 0 Å². The van der Waals surface area contributed by atoms with Gasteiger partial charge < -0.3 is 15.2 Å². The molecule has 1 heterocycles. The Balaban J connectivity index is 2.05. The molecule has 1 aromatic heterocycles. The van der Waals surface area contributed by atoms with Crippen LogP contribution >= 0.6 is 27.3 Å². The number of aromatic hydroxyl groups is 1. The first-order valence-electron chi connectivity index (χ1n) is 5.94. The summed E-state index contributed by atoms with van der Waals surface area (Å²) in [6.45, 7) is 2.85. The van der Waals surface area contributed by atoms with Gasteiger partial charge in [0.1, 0.15) is 0 Å². The van der Waals surface area contributed by atoms with Crippen molar-refractivity contribution in [3.8, 4) is 11.5 Å². The van der Waals surface area contributed by atoms with Gasteiger partial charge in [0, 0.05) is 17.5 Å². The minimum Gasteiger partial charge on any atom is -0.503 e. The zero-order chi connectivity index (χ0) is 13.8. The van der Waals surface area contributed by atoms with Crippen molar-refractivity contribution in [1.29, 1.82) is 0 Å². The van der Waals surface area contributed by atoms with Gasteiger partial charge in [-0.25, -0.2) is 0 Å². The molecule has 0 fully saturated rings. The number of thiophene rings is 1. The Hall–Kier alpha value is -1.04. The molecule has 1 unspecified atom stereocenters. The van der Waals surface area contributed by atoms with Gasteiger partial charge in [-0.05, 0) is 52.0 Å². The lowest BCUT2D eigenvalue weighted by Crippen LogP contribution is -2.17. The summed E-state index contributed by atoms with van der Waals surface area (Å²) >= 11 is 5.07. The van der Waals surface area contributed by atoms with Gasteiger partial charge in [-0.1, -0.05) is 6.07 Å². The van der Waals surface area contributed by atoms with E-state index in [1.165, 1.54) is 4.88 Å². The average molecular weight is 342 g/mol. The van der Waals surface area contributed by atoms with Gasteiger partial charge in [0.25, 0.3) is 0 Å². The van der Waals surface area contributed by atoms with E-state index in [0.29, 0.717) is 22.8 Å². The smallest absolute Gasteiger partial charge is 0.172 e. The zero-order valence-corrected chi connectivity index (χ0v) is 13.2. The summed E-state index contributed by atoms with van der Waals surface area (Å²) in [5.74, 6) is 0.618. The molecule has 0 aliphatic rings. The molecule has 2 aromatic rings. The number of rotatable bonds is 5. The van der Waals surface area contributed by atoms with E-state index in [4.69, 9.17) is 4.74 Å². The van der Waals surface area contributed by atoms with Gasteiger partial charge in [0.05, 0.1) is 11.6 Å². The maximum atomic E-state index is 9.76. The number of ether oxygens (including phenoxy) is 1. The predicted octanol–water partition coefficient (Wildman–Crippen LogP) is 4.08. The van der Waals surface area contributed by atoms with Gasteiger partial charge >= 0.3 is 0 Å². The van der Waals surface area contributed by atoms with E-state index in [2.05, 4.69) is 45.7 Å². The highest BCUT2D eigenvalue weighted by atomic mass is 79.9. The van der Waals surface area contributed by atoms with Crippen LogP contribution < -0.4 is 10.1 Å². The Bertz CT molecular complexity index is 543. The molecule has 1 aromatic carbocycles. The number of halogens is 1. The molecule has 0 saturated carbocycles. The van der Waals surface area contributed by atoms with Crippen LogP contribution in [-0.4, -0.2) is 12.2 Å². The second-order valence-electron chi connectivity index (χ2n) is 4.25. The van der Waals surface area contributed by atoms with Gasteiger partial charge in [-0.15, -0.1) is 11.3 Å². The molecule has 19 heavy (non-hydrogen) atoms. The quantitative estimate of drug-likeness (QED) is 0.860. The predicted molar refractivity (Wildman–Crippen MR) is 81.9 cm³/mol. The van der Waals surface area contributed by atoms with E-state index < -0.39 is 0 Å². The Labute approximate surface area is 125 Å². The summed E-state index contributed by atoms with van der Waals surface area (Å²) in [6.07, 6.45) is 0. The standard InChI is InChI=1S/C14H16BrNO2S/c1-9(13-4-3-5-19-13)16-8-10-6-11(15)14(17)12(7-10)18-2/h3-7,9,16-17H,8H2,1-2H3. The van der Waals surface area contributed by atoms with E-state index in [1.54, 1.807) is 18.4 Å². The van der Waals surface area contributed by atoms with E-state index >= 15 is 0 Å². The average Bonchev–Trinajstić information content (AvgIpc) is 2.93. The van der Waals surface area contributed by atoms with Gasteiger partial charge in [0.15, 0.2) is 11.5 Å². The molecule has 1 atom stereocenters. The monoisotopic (exact) mass is 341 g/mol. The van der Waals surface area contributed by atoms with Crippen LogP contribution in [-0.2, 0) is 6.54 Å². The van der Waals surface area contributed by atoms with Crippen LogP contribution in [0, 0.1) is 0 Å². The normalized spacial score (nSPS) is 12.4. The van der Waals surface area contributed by atoms with Crippen LogP contribution in [0.2, 0.25) is 0 Å². The molecule has 0 aliphatic heterocycles. The van der Waals surface area contributed by atoms with Crippen molar-refractivity contribution in [1.82, 2.24) is 5.32 Å². The van der Waals surface area contributed by atoms with Crippen molar-refractivity contribution in [2.24, 2.45) is 0 Å². The Kier molecular flexibility index (Phi) is 4.85. The zero-order valence-electron chi connectivity index (χ0n) is 10.8. The summed E-state index contributed by atoms with van der Waals surface area (Å²) in [4.78, 5) is 1.31. The minimum absolute atomic E-state index is 0.137. The second-order valence-corrected chi connectivity index (χ2v) is 6.08. The van der Waals surface area contributed by atoms with Crippen molar-refractivity contribution in [3.05, 3.63) is 44.6 Å². The first-order chi connectivity index (χ1) is 9.11. The van der Waals surface area contributed by atoms with E-state index in [1.807, 2.05) is 12.1 Å². The topological polar surface area (TPSA) is 41.5 Å². The Morgan fingerprint density at radius 3 is 2.89 bits per heavy atom. The lowest BCUT2D eigenvalue weighted by Gasteiger charge is -2.14. The minimum atomic E-state index is 0.137. The van der Waals surface area contributed by atoms with Crippen LogP contribution in [0.15, 0.2) is 34.1 Å². The Morgan fingerprint density at radius 2 is 2.26 bits per heavy atom. The maximum absolute atomic E-state index is 9.76. The number of nitrogens with one attached hydrogen (secondary N) is 1. The van der Waals surface area contributed by atoms with Crippen molar-refractivity contribution in [3.63, 3.8) is 0 Å². The summed E-state index contributed by atoms with van der Waals surface area (Å²) < 4.78 is 5.79. The number of benzene rings is 1. The molecule has 3 nitrogen and oxygen atoms in total. The van der Waals surface area contributed by atoms with E-state index in [0.717, 1.165) is 5.56 Å². The number of hydrogen-bond donors (Lipinski definition) is 2. The molecule has 0 saturated heterocycles. The number of hydrogen-bond acceptors (Lipinski definition) is 4. The number of methoxy groups -OCH3 is 1. The van der Waals surface area contributed by atoms with Crippen molar-refractivity contribution in [2.75, 3.05) is 7.11 Å². The third kappa shape index (κ3) is 3.49. The molecule has 102 valence electrons. The first kappa shape index (κ1) is 14.4. The lowest BCUT2D eigenvalue weighted by molar-refractivity contribution is 0.371. The van der Waals surface area contributed by atoms with Crippen molar-refractivity contribution in [2.45, 2.75) is 19.5 Å². The highest BCUT2D eigenvalue weighted by Gasteiger charge is 2.10. The molecule has 0 spiro atoms. The van der Waals surface area contributed by atoms with Crippen molar-refractivity contribution < 1.29 is 9.84 Å². The maximum Gasteiger partial charge on any atom is 0.172 e. The SMILES string of the molecule is COc1cc(CNC(C)c2cccs2)cc(Br)c1O. The van der Waals surface area contributed by atoms with E-state index in [9.17, 15) is 5.11 Å². The highest BCUT2D eigenvalue weighted by Crippen LogP contribution is 2.35. The molecule has 5 heteroatoms. The molecular weight excluding hydrogens is 326 g/mol. The fourth-order valence-electron chi connectivity index (χ4n) is 1.79. The van der Waals surface area contributed by atoms with Crippen LogP contribution in [0.25, 0.3) is 0 Å². The van der Waals surface area contributed by atoms with Crippen molar-refractivity contribution >= 4 is 27.3 Å². The molecule has 0 bridgehead atoms. The lowest BCUT2D eigenvalue weighted by atomic mass is 10.2. The molecule has 0 amide bonds. The highest BCUT2D eigenvalue weighted by molar-refractivity contribution is 9.10. The number of phenolic OH excluding ortho intramolecular Hbond substituents is 1. The van der Waals surface area contributed by atoms with Gasteiger partial charge in [-0.3, -0.25) is 0 Å². The van der Waals surface area contributed by atoms with Crippen LogP contribution in [0.1, 0.15) is 23.4 Å². The van der Waals surface area contributed by atoms with Gasteiger partial charge in [0.2, 0.25) is 0 Å². The third-order valence-electron chi connectivity index (χ3n) is 2.89. The van der Waals surface area contributed by atoms with Crippen LogP contribution in [0.3, 0.4) is 0 Å². The van der Waals surface area contributed by atoms with Crippen LogP contribution in [0.5, 0.6) is 11.5 Å².